The lowest BCUT2D eigenvalue weighted by molar-refractivity contribution is 0.589. The third-order valence-corrected chi connectivity index (χ3v) is 3.24. The minimum absolute atomic E-state index is 0.482. The maximum atomic E-state index is 4.59. The Labute approximate surface area is 115 Å². The fraction of sp³-hybridized carbons (Fsp3) is 0.438. The Balaban J connectivity index is 2.27. The minimum atomic E-state index is 0.482. The second kappa shape index (κ2) is 6.02. The van der Waals surface area contributed by atoms with Gasteiger partial charge in [0.05, 0.1) is 5.69 Å². The van der Waals surface area contributed by atoms with Gasteiger partial charge in [0.1, 0.15) is 0 Å². The SMILES string of the molecule is CCc1ccc(-c2nn(C)cc2CNC(C)C)cc1. The second-order valence-electron chi connectivity index (χ2n) is 5.26. The molecule has 0 amide bonds. The summed E-state index contributed by atoms with van der Waals surface area (Å²) < 4.78 is 1.89. The van der Waals surface area contributed by atoms with E-state index in [0.717, 1.165) is 18.7 Å². The number of hydrogen-bond acceptors (Lipinski definition) is 2. The Morgan fingerprint density at radius 2 is 1.89 bits per heavy atom. The fourth-order valence-corrected chi connectivity index (χ4v) is 2.12. The van der Waals surface area contributed by atoms with Crippen LogP contribution in [0.1, 0.15) is 31.9 Å². The average molecular weight is 257 g/mol. The van der Waals surface area contributed by atoms with E-state index in [2.05, 4.69) is 61.6 Å². The lowest BCUT2D eigenvalue weighted by Gasteiger charge is -2.08. The summed E-state index contributed by atoms with van der Waals surface area (Å²) in [5.74, 6) is 0. The summed E-state index contributed by atoms with van der Waals surface area (Å²) in [4.78, 5) is 0. The molecule has 3 nitrogen and oxygen atoms in total. The molecule has 2 aromatic rings. The molecule has 0 atom stereocenters. The van der Waals surface area contributed by atoms with Crippen molar-refractivity contribution in [3.63, 3.8) is 0 Å². The number of aryl methyl sites for hydroxylation is 2. The molecule has 1 aromatic heterocycles. The molecule has 0 saturated carbocycles. The van der Waals surface area contributed by atoms with Gasteiger partial charge in [0.15, 0.2) is 0 Å². The monoisotopic (exact) mass is 257 g/mol. The molecule has 0 fully saturated rings. The molecule has 0 saturated heterocycles. The van der Waals surface area contributed by atoms with E-state index in [4.69, 9.17) is 0 Å². The largest absolute Gasteiger partial charge is 0.310 e. The molecule has 1 N–H and O–H groups in total. The van der Waals surface area contributed by atoms with Gasteiger partial charge in [0.2, 0.25) is 0 Å². The molecule has 102 valence electrons. The van der Waals surface area contributed by atoms with Gasteiger partial charge in [-0.25, -0.2) is 0 Å². The molecule has 0 aliphatic heterocycles. The Hall–Kier alpha value is -1.61. The van der Waals surface area contributed by atoms with Crippen LogP contribution in [0, 0.1) is 0 Å². The van der Waals surface area contributed by atoms with Crippen molar-refractivity contribution >= 4 is 0 Å². The zero-order valence-electron chi connectivity index (χ0n) is 12.3. The third kappa shape index (κ3) is 3.44. The highest BCUT2D eigenvalue weighted by atomic mass is 15.3. The van der Waals surface area contributed by atoms with Crippen molar-refractivity contribution in [2.45, 2.75) is 39.8 Å². The van der Waals surface area contributed by atoms with Crippen molar-refractivity contribution in [2.75, 3.05) is 0 Å². The van der Waals surface area contributed by atoms with E-state index >= 15 is 0 Å². The number of benzene rings is 1. The van der Waals surface area contributed by atoms with Gasteiger partial charge in [-0.3, -0.25) is 4.68 Å². The summed E-state index contributed by atoms with van der Waals surface area (Å²) in [6.45, 7) is 7.35. The van der Waals surface area contributed by atoms with Crippen LogP contribution in [-0.2, 0) is 20.0 Å². The molecule has 0 radical (unpaired) electrons. The van der Waals surface area contributed by atoms with Crippen molar-refractivity contribution < 1.29 is 0 Å². The molecule has 2 rings (SSSR count). The van der Waals surface area contributed by atoms with Crippen molar-refractivity contribution in [2.24, 2.45) is 7.05 Å². The first-order chi connectivity index (χ1) is 9.10. The predicted molar refractivity (Wildman–Crippen MR) is 80.0 cm³/mol. The number of hydrogen-bond donors (Lipinski definition) is 1. The van der Waals surface area contributed by atoms with Crippen LogP contribution in [-0.4, -0.2) is 15.8 Å². The van der Waals surface area contributed by atoms with Crippen LogP contribution < -0.4 is 5.32 Å². The van der Waals surface area contributed by atoms with Crippen LogP contribution in [0.25, 0.3) is 11.3 Å². The summed E-state index contributed by atoms with van der Waals surface area (Å²) in [6.07, 6.45) is 3.17. The summed E-state index contributed by atoms with van der Waals surface area (Å²) in [5.41, 5.74) is 4.89. The van der Waals surface area contributed by atoms with Crippen molar-refractivity contribution in [1.82, 2.24) is 15.1 Å². The Morgan fingerprint density at radius 3 is 2.47 bits per heavy atom. The highest BCUT2D eigenvalue weighted by Crippen LogP contribution is 2.22. The molecular formula is C16H23N3. The second-order valence-corrected chi connectivity index (χ2v) is 5.26. The summed E-state index contributed by atoms with van der Waals surface area (Å²) in [6, 6.07) is 9.18. The smallest absolute Gasteiger partial charge is 0.0967 e. The standard InChI is InChI=1S/C16H23N3/c1-5-13-6-8-14(9-7-13)16-15(10-17-12(2)3)11-19(4)18-16/h6-9,11-12,17H,5,10H2,1-4H3. The normalized spacial score (nSPS) is 11.2. The Bertz CT molecular complexity index is 523. The molecule has 19 heavy (non-hydrogen) atoms. The maximum absolute atomic E-state index is 4.59. The van der Waals surface area contributed by atoms with E-state index in [1.165, 1.54) is 16.7 Å². The quantitative estimate of drug-likeness (QED) is 0.891. The first-order valence-corrected chi connectivity index (χ1v) is 6.95. The van der Waals surface area contributed by atoms with Gasteiger partial charge in [-0.1, -0.05) is 45.0 Å². The Kier molecular flexibility index (Phi) is 4.38. The summed E-state index contributed by atoms with van der Waals surface area (Å²) >= 11 is 0. The lowest BCUT2D eigenvalue weighted by Crippen LogP contribution is -2.21. The average Bonchev–Trinajstić information content (AvgIpc) is 2.78. The van der Waals surface area contributed by atoms with Crippen molar-refractivity contribution in [1.29, 1.82) is 0 Å². The highest BCUT2D eigenvalue weighted by molar-refractivity contribution is 5.63. The molecular weight excluding hydrogens is 234 g/mol. The zero-order valence-corrected chi connectivity index (χ0v) is 12.3. The van der Waals surface area contributed by atoms with E-state index in [0.29, 0.717) is 6.04 Å². The van der Waals surface area contributed by atoms with E-state index in [1.807, 2.05) is 11.7 Å². The predicted octanol–water partition coefficient (Wildman–Crippen LogP) is 3.15. The van der Waals surface area contributed by atoms with Gasteiger partial charge in [0.25, 0.3) is 0 Å². The summed E-state index contributed by atoms with van der Waals surface area (Å²) in [7, 11) is 1.97. The van der Waals surface area contributed by atoms with E-state index in [-0.39, 0.29) is 0 Å². The highest BCUT2D eigenvalue weighted by Gasteiger charge is 2.10. The van der Waals surface area contributed by atoms with Crippen LogP contribution in [0.3, 0.4) is 0 Å². The molecule has 0 bridgehead atoms. The maximum Gasteiger partial charge on any atom is 0.0967 e. The Morgan fingerprint density at radius 1 is 1.21 bits per heavy atom. The van der Waals surface area contributed by atoms with Gasteiger partial charge >= 0.3 is 0 Å². The van der Waals surface area contributed by atoms with Crippen LogP contribution in [0.4, 0.5) is 0 Å². The molecule has 3 heteroatoms. The van der Waals surface area contributed by atoms with E-state index in [9.17, 15) is 0 Å². The molecule has 0 spiro atoms. The van der Waals surface area contributed by atoms with Gasteiger partial charge in [-0.15, -0.1) is 0 Å². The first-order valence-electron chi connectivity index (χ1n) is 6.95. The van der Waals surface area contributed by atoms with Gasteiger partial charge in [-0.2, -0.15) is 5.10 Å². The van der Waals surface area contributed by atoms with Gasteiger partial charge < -0.3 is 5.32 Å². The van der Waals surface area contributed by atoms with Crippen molar-refractivity contribution in [3.05, 3.63) is 41.6 Å². The van der Waals surface area contributed by atoms with Gasteiger partial charge in [-0.05, 0) is 12.0 Å². The minimum Gasteiger partial charge on any atom is -0.310 e. The number of nitrogens with zero attached hydrogens (tertiary/aromatic N) is 2. The lowest BCUT2D eigenvalue weighted by atomic mass is 10.0. The van der Waals surface area contributed by atoms with E-state index < -0.39 is 0 Å². The number of rotatable bonds is 5. The van der Waals surface area contributed by atoms with Crippen molar-refractivity contribution in [3.8, 4) is 11.3 Å². The van der Waals surface area contributed by atoms with Crippen LogP contribution in [0.15, 0.2) is 30.5 Å². The van der Waals surface area contributed by atoms with Gasteiger partial charge in [0, 0.05) is 37.0 Å². The molecule has 0 aliphatic rings. The van der Waals surface area contributed by atoms with Crippen LogP contribution in [0.2, 0.25) is 0 Å². The zero-order chi connectivity index (χ0) is 13.8. The van der Waals surface area contributed by atoms with Crippen LogP contribution in [0.5, 0.6) is 0 Å². The molecule has 1 aromatic carbocycles. The van der Waals surface area contributed by atoms with E-state index in [1.54, 1.807) is 0 Å². The molecule has 0 aliphatic carbocycles. The topological polar surface area (TPSA) is 29.9 Å². The first kappa shape index (κ1) is 13.8. The molecule has 1 heterocycles. The van der Waals surface area contributed by atoms with Crippen LogP contribution >= 0.6 is 0 Å². The fourth-order valence-electron chi connectivity index (χ4n) is 2.12. The third-order valence-electron chi connectivity index (χ3n) is 3.24. The number of nitrogens with one attached hydrogen (secondary N) is 1. The molecule has 0 unspecified atom stereocenters. The summed E-state index contributed by atoms with van der Waals surface area (Å²) in [5, 5.41) is 8.05. The number of aromatic nitrogens is 2.